The zero-order chi connectivity index (χ0) is 20.5. The number of rotatable bonds is 10. The van der Waals surface area contributed by atoms with Gasteiger partial charge >= 0.3 is 5.97 Å². The van der Waals surface area contributed by atoms with Gasteiger partial charge in [-0.1, -0.05) is 18.2 Å². The number of aryl methyl sites for hydroxylation is 2. The van der Waals surface area contributed by atoms with Crippen molar-refractivity contribution in [1.82, 2.24) is 5.32 Å². The van der Waals surface area contributed by atoms with E-state index in [1.165, 1.54) is 0 Å². The van der Waals surface area contributed by atoms with Gasteiger partial charge in [-0.25, -0.2) is 8.78 Å². The molecule has 0 aliphatic rings. The molecule has 0 bridgehead atoms. The molecule has 28 heavy (non-hydrogen) atoms. The van der Waals surface area contributed by atoms with Gasteiger partial charge in [0, 0.05) is 25.8 Å². The molecule has 0 aliphatic heterocycles. The fourth-order valence-electron chi connectivity index (χ4n) is 2.64. The lowest BCUT2D eigenvalue weighted by Gasteiger charge is -2.11. The molecule has 2 aromatic rings. The van der Waals surface area contributed by atoms with E-state index in [1.807, 2.05) is 19.1 Å². The Bertz CT molecular complexity index is 824. The zero-order valence-corrected chi connectivity index (χ0v) is 15.6. The summed E-state index contributed by atoms with van der Waals surface area (Å²) in [5, 5.41) is 11.4. The number of halogens is 2. The van der Waals surface area contributed by atoms with Crippen molar-refractivity contribution in [3.05, 3.63) is 59.2 Å². The number of ether oxygens (including phenoxy) is 1. The minimum absolute atomic E-state index is 0.0755. The maximum absolute atomic E-state index is 12.1. The molecule has 0 aromatic heterocycles. The maximum atomic E-state index is 12.1. The topological polar surface area (TPSA) is 75.6 Å². The van der Waals surface area contributed by atoms with Crippen LogP contribution >= 0.6 is 0 Å². The molecule has 0 unspecified atom stereocenters. The first-order valence-electron chi connectivity index (χ1n) is 8.96. The number of hydrogen-bond donors (Lipinski definition) is 2. The third-order valence-corrected chi connectivity index (χ3v) is 4.14. The third kappa shape index (κ3) is 7.34. The quantitative estimate of drug-likeness (QED) is 0.627. The van der Waals surface area contributed by atoms with Gasteiger partial charge in [0.25, 0.3) is 0 Å². The van der Waals surface area contributed by atoms with Crippen LogP contribution in [0.25, 0.3) is 0 Å². The number of alkyl halides is 2. The van der Waals surface area contributed by atoms with Crippen molar-refractivity contribution in [2.75, 3.05) is 0 Å². The Morgan fingerprint density at radius 3 is 2.54 bits per heavy atom. The predicted octanol–water partition coefficient (Wildman–Crippen LogP) is 4.47. The summed E-state index contributed by atoms with van der Waals surface area (Å²) in [7, 11) is 0. The highest BCUT2D eigenvalue weighted by molar-refractivity contribution is 5.75. The molecule has 0 heterocycles. The van der Waals surface area contributed by atoms with Crippen molar-refractivity contribution >= 4 is 11.9 Å². The molecular formula is C21H23F2NO4. The van der Waals surface area contributed by atoms with Crippen LogP contribution in [0.1, 0.15) is 36.0 Å². The van der Waals surface area contributed by atoms with Gasteiger partial charge in [-0.2, -0.15) is 0 Å². The van der Waals surface area contributed by atoms with Gasteiger partial charge in [0.2, 0.25) is 12.3 Å². The second kappa shape index (κ2) is 10.4. The Hall–Kier alpha value is -2.96. The molecule has 0 saturated heterocycles. The van der Waals surface area contributed by atoms with E-state index >= 15 is 0 Å². The second-order valence-corrected chi connectivity index (χ2v) is 6.44. The highest BCUT2D eigenvalue weighted by atomic mass is 19.3. The van der Waals surface area contributed by atoms with Crippen molar-refractivity contribution in [2.45, 2.75) is 45.6 Å². The number of aliphatic carboxylic acids is 1. The Morgan fingerprint density at radius 2 is 1.86 bits per heavy atom. The molecule has 0 spiro atoms. The number of carbonyl (C=O) groups excluding carboxylic acids is 1. The second-order valence-electron chi connectivity index (χ2n) is 6.44. The number of hydrogen-bond acceptors (Lipinski definition) is 3. The highest BCUT2D eigenvalue weighted by Gasteiger charge is 2.08. The molecule has 0 atom stereocenters. The molecule has 1 amide bonds. The number of carboxylic acids is 1. The van der Waals surface area contributed by atoms with Crippen LogP contribution < -0.4 is 10.1 Å². The maximum Gasteiger partial charge on any atom is 0.303 e. The highest BCUT2D eigenvalue weighted by Crippen LogP contribution is 2.25. The van der Waals surface area contributed by atoms with Gasteiger partial charge in [0.15, 0.2) is 0 Å². The van der Waals surface area contributed by atoms with Crippen molar-refractivity contribution < 1.29 is 28.2 Å². The lowest BCUT2D eigenvalue weighted by molar-refractivity contribution is -0.137. The normalized spacial score (nSPS) is 10.7. The lowest BCUT2D eigenvalue weighted by atomic mass is 10.0. The lowest BCUT2D eigenvalue weighted by Crippen LogP contribution is -2.23. The van der Waals surface area contributed by atoms with Crippen LogP contribution in [0.3, 0.4) is 0 Å². The van der Waals surface area contributed by atoms with Crippen LogP contribution in [0.5, 0.6) is 11.5 Å². The average molecular weight is 391 g/mol. The molecule has 5 nitrogen and oxygen atoms in total. The number of nitrogens with one attached hydrogen (secondary N) is 1. The molecule has 0 saturated carbocycles. The Kier molecular flexibility index (Phi) is 7.92. The van der Waals surface area contributed by atoms with Gasteiger partial charge in [-0.05, 0) is 54.3 Å². The molecular weight excluding hydrogens is 368 g/mol. The summed E-state index contributed by atoms with van der Waals surface area (Å²) >= 11 is 0. The van der Waals surface area contributed by atoms with Crippen LogP contribution in [-0.2, 0) is 22.6 Å². The number of carbonyl (C=O) groups is 2. The van der Waals surface area contributed by atoms with E-state index in [4.69, 9.17) is 9.84 Å². The van der Waals surface area contributed by atoms with Gasteiger partial charge in [-0.3, -0.25) is 9.59 Å². The third-order valence-electron chi connectivity index (χ3n) is 4.14. The Labute approximate surface area is 162 Å². The summed E-state index contributed by atoms with van der Waals surface area (Å²) in [5.74, 6) is -0.0521. The van der Waals surface area contributed by atoms with E-state index in [0.29, 0.717) is 17.9 Å². The summed E-state index contributed by atoms with van der Waals surface area (Å²) in [5.41, 5.74) is 2.69. The molecule has 2 N–H and O–H groups in total. The van der Waals surface area contributed by atoms with E-state index < -0.39 is 24.7 Å². The Balaban J connectivity index is 1.94. The fraction of sp³-hybridized carbons (Fsp3) is 0.333. The molecule has 0 fully saturated rings. The van der Waals surface area contributed by atoms with E-state index in [1.54, 1.807) is 30.3 Å². The summed E-state index contributed by atoms with van der Waals surface area (Å²) in [4.78, 5) is 22.3. The zero-order valence-electron chi connectivity index (χ0n) is 15.6. The fourth-order valence-corrected chi connectivity index (χ4v) is 2.64. The first-order valence-corrected chi connectivity index (χ1v) is 8.96. The minimum atomic E-state index is -2.48. The Morgan fingerprint density at radius 1 is 1.11 bits per heavy atom. The van der Waals surface area contributed by atoms with Gasteiger partial charge in [0.05, 0.1) is 0 Å². The monoisotopic (exact) mass is 391 g/mol. The number of carboxylic acid groups (broad SMARTS) is 1. The average Bonchev–Trinajstić information content (AvgIpc) is 2.64. The van der Waals surface area contributed by atoms with Crippen LogP contribution in [-0.4, -0.2) is 23.4 Å². The minimum Gasteiger partial charge on any atom is -0.481 e. The van der Waals surface area contributed by atoms with Crippen LogP contribution in [0.2, 0.25) is 0 Å². The van der Waals surface area contributed by atoms with Crippen molar-refractivity contribution in [3.8, 4) is 11.5 Å². The number of amides is 1. The van der Waals surface area contributed by atoms with Crippen molar-refractivity contribution in [1.29, 1.82) is 0 Å². The van der Waals surface area contributed by atoms with Gasteiger partial charge in [0.1, 0.15) is 11.5 Å². The SMILES string of the molecule is Cc1cc(Oc2cccc(CNC(=O)CCC(F)F)c2)ccc1CCC(=O)O. The first-order chi connectivity index (χ1) is 13.3. The molecule has 150 valence electrons. The summed E-state index contributed by atoms with van der Waals surface area (Å²) in [6.45, 7) is 2.13. The molecule has 0 radical (unpaired) electrons. The van der Waals surface area contributed by atoms with Crippen molar-refractivity contribution in [2.24, 2.45) is 0 Å². The largest absolute Gasteiger partial charge is 0.481 e. The standard InChI is InChI=1S/C21H23F2NO4/c1-14-11-18(7-5-16(14)6-10-21(26)27)28-17-4-2-3-15(12-17)13-24-20(25)9-8-19(22)23/h2-5,7,11-12,19H,6,8-10,13H2,1H3,(H,24,25)(H,26,27). The van der Waals surface area contributed by atoms with Crippen LogP contribution in [0.4, 0.5) is 8.78 Å². The van der Waals surface area contributed by atoms with Crippen molar-refractivity contribution in [3.63, 3.8) is 0 Å². The van der Waals surface area contributed by atoms with Crippen LogP contribution in [0.15, 0.2) is 42.5 Å². The van der Waals surface area contributed by atoms with Crippen LogP contribution in [0, 0.1) is 6.92 Å². The van der Waals surface area contributed by atoms with E-state index in [2.05, 4.69) is 5.32 Å². The molecule has 2 aromatic carbocycles. The van der Waals surface area contributed by atoms with E-state index in [0.717, 1.165) is 16.7 Å². The summed E-state index contributed by atoms with van der Waals surface area (Å²) in [6, 6.07) is 12.6. The summed E-state index contributed by atoms with van der Waals surface area (Å²) in [6.07, 6.45) is -2.60. The molecule has 2 rings (SSSR count). The smallest absolute Gasteiger partial charge is 0.303 e. The predicted molar refractivity (Wildman–Crippen MR) is 101 cm³/mol. The molecule has 0 aliphatic carbocycles. The van der Waals surface area contributed by atoms with Gasteiger partial charge in [-0.15, -0.1) is 0 Å². The van der Waals surface area contributed by atoms with Gasteiger partial charge < -0.3 is 15.2 Å². The summed E-state index contributed by atoms with van der Waals surface area (Å²) < 4.78 is 30.1. The first kappa shape index (κ1) is 21.3. The number of benzene rings is 2. The molecule has 7 heteroatoms. The van der Waals surface area contributed by atoms with E-state index in [-0.39, 0.29) is 19.4 Å². The van der Waals surface area contributed by atoms with E-state index in [9.17, 15) is 18.4 Å².